The van der Waals surface area contributed by atoms with E-state index in [2.05, 4.69) is 4.98 Å². The highest BCUT2D eigenvalue weighted by molar-refractivity contribution is 7.93. The van der Waals surface area contributed by atoms with Crippen LogP contribution in [0.5, 0.6) is 11.6 Å². The Balaban J connectivity index is 1.48. The summed E-state index contributed by atoms with van der Waals surface area (Å²) in [5.74, 6) is 0.119. The maximum absolute atomic E-state index is 12.7. The van der Waals surface area contributed by atoms with Crippen LogP contribution in [0.25, 0.3) is 0 Å². The molecule has 1 aromatic carbocycles. The van der Waals surface area contributed by atoms with E-state index < -0.39 is 14.6 Å². The normalized spacial score (nSPS) is 22.4. The number of aromatic nitrogens is 1. The first-order valence-corrected chi connectivity index (χ1v) is 10.4. The van der Waals surface area contributed by atoms with Crippen molar-refractivity contribution in [1.82, 2.24) is 9.88 Å². The Hall–Kier alpha value is -2.61. The number of phenolic OH excluding ortho intramolecular Hbond substituents is 1. The number of sulfone groups is 1. The fourth-order valence-electron chi connectivity index (χ4n) is 3.89. The van der Waals surface area contributed by atoms with Crippen molar-refractivity contribution in [3.05, 3.63) is 54.2 Å². The van der Waals surface area contributed by atoms with Crippen molar-refractivity contribution in [2.75, 3.05) is 25.4 Å². The van der Waals surface area contributed by atoms with E-state index in [1.54, 1.807) is 30.5 Å². The van der Waals surface area contributed by atoms with Gasteiger partial charge in [-0.1, -0.05) is 12.1 Å². The fraction of sp³-hybridized carbons (Fsp3) is 0.368. The molecule has 4 rings (SSSR count). The molecule has 1 aromatic heterocycles. The van der Waals surface area contributed by atoms with Gasteiger partial charge in [-0.3, -0.25) is 4.79 Å². The first kappa shape index (κ1) is 17.8. The molecule has 3 heterocycles. The largest absolute Gasteiger partial charge is 0.508 e. The number of pyridine rings is 1. The number of hydrogen-bond donors (Lipinski definition) is 1. The van der Waals surface area contributed by atoms with Crippen LogP contribution >= 0.6 is 0 Å². The van der Waals surface area contributed by atoms with Crippen molar-refractivity contribution in [2.45, 2.75) is 11.2 Å². The Morgan fingerprint density at radius 1 is 1.26 bits per heavy atom. The van der Waals surface area contributed by atoms with Crippen molar-refractivity contribution in [3.63, 3.8) is 0 Å². The number of hydrogen-bond acceptors (Lipinski definition) is 6. The van der Waals surface area contributed by atoms with Crippen LogP contribution < -0.4 is 4.74 Å². The van der Waals surface area contributed by atoms with Gasteiger partial charge in [-0.25, -0.2) is 13.4 Å². The molecule has 2 aliphatic rings. The lowest BCUT2D eigenvalue weighted by atomic mass is 9.83. The number of likely N-dealkylation sites (tertiary alicyclic amines) is 1. The molecule has 0 bridgehead atoms. The summed E-state index contributed by atoms with van der Waals surface area (Å²) in [6.45, 7) is 0.560. The second-order valence-corrected chi connectivity index (χ2v) is 9.51. The van der Waals surface area contributed by atoms with Crippen molar-refractivity contribution in [3.8, 4) is 11.6 Å². The third-order valence-corrected chi connectivity index (χ3v) is 8.07. The molecular formula is C19H20N2O5S. The van der Waals surface area contributed by atoms with Crippen LogP contribution in [0.15, 0.2) is 48.7 Å². The van der Waals surface area contributed by atoms with Crippen LogP contribution in [0, 0.1) is 5.92 Å². The predicted octanol–water partition coefficient (Wildman–Crippen LogP) is 1.50. The molecule has 142 valence electrons. The van der Waals surface area contributed by atoms with Gasteiger partial charge in [0.2, 0.25) is 5.88 Å². The highest BCUT2D eigenvalue weighted by atomic mass is 32.2. The Kier molecular flexibility index (Phi) is 4.30. The third-order valence-electron chi connectivity index (χ3n) is 5.47. The van der Waals surface area contributed by atoms with E-state index in [9.17, 15) is 18.3 Å². The molecule has 1 amide bonds. The molecule has 1 spiro atoms. The summed E-state index contributed by atoms with van der Waals surface area (Å²) in [6.07, 6.45) is 2.14. The van der Waals surface area contributed by atoms with Gasteiger partial charge in [0.05, 0.1) is 12.4 Å². The van der Waals surface area contributed by atoms with E-state index in [0.717, 1.165) is 0 Å². The summed E-state index contributed by atoms with van der Waals surface area (Å²) in [7, 11) is -3.30. The molecule has 0 radical (unpaired) electrons. The van der Waals surface area contributed by atoms with E-state index >= 15 is 0 Å². The van der Waals surface area contributed by atoms with Gasteiger partial charge in [-0.2, -0.15) is 0 Å². The molecule has 0 saturated carbocycles. The molecule has 8 heteroatoms. The second kappa shape index (κ2) is 6.53. The average Bonchev–Trinajstić information content (AvgIpc) is 2.89. The quantitative estimate of drug-likeness (QED) is 0.853. The fourth-order valence-corrected chi connectivity index (χ4v) is 6.29. The van der Waals surface area contributed by atoms with E-state index in [-0.39, 0.29) is 43.0 Å². The van der Waals surface area contributed by atoms with Crippen LogP contribution in [-0.4, -0.2) is 59.5 Å². The van der Waals surface area contributed by atoms with Crippen molar-refractivity contribution in [2.24, 2.45) is 5.92 Å². The summed E-state index contributed by atoms with van der Waals surface area (Å²) in [5.41, 5.74) is 0.349. The van der Waals surface area contributed by atoms with Crippen molar-refractivity contribution < 1.29 is 23.1 Å². The molecule has 0 aliphatic carbocycles. The number of ether oxygens (including phenoxy) is 1. The number of rotatable bonds is 4. The van der Waals surface area contributed by atoms with Crippen LogP contribution in [0.4, 0.5) is 0 Å². The van der Waals surface area contributed by atoms with Crippen LogP contribution in [-0.2, 0) is 9.84 Å². The molecule has 2 aliphatic heterocycles. The van der Waals surface area contributed by atoms with Crippen molar-refractivity contribution in [1.29, 1.82) is 0 Å². The van der Waals surface area contributed by atoms with Gasteiger partial charge in [0.15, 0.2) is 9.84 Å². The number of amides is 1. The molecule has 2 aromatic rings. The van der Waals surface area contributed by atoms with E-state index in [1.165, 1.54) is 17.0 Å². The number of phenols is 1. The Morgan fingerprint density at radius 3 is 2.78 bits per heavy atom. The molecule has 2 fully saturated rings. The number of nitrogens with zero attached hydrogens (tertiary/aromatic N) is 2. The minimum absolute atomic E-state index is 0.00575. The minimum Gasteiger partial charge on any atom is -0.508 e. The van der Waals surface area contributed by atoms with E-state index in [4.69, 9.17) is 4.74 Å². The highest BCUT2D eigenvalue weighted by Crippen LogP contribution is 2.45. The summed E-state index contributed by atoms with van der Waals surface area (Å²) in [5, 5.41) is 9.55. The molecule has 1 N–H and O–H groups in total. The molecule has 7 nitrogen and oxygen atoms in total. The summed E-state index contributed by atoms with van der Waals surface area (Å²) >= 11 is 0. The van der Waals surface area contributed by atoms with Crippen molar-refractivity contribution >= 4 is 15.7 Å². The zero-order valence-corrected chi connectivity index (χ0v) is 15.4. The van der Waals surface area contributed by atoms with Gasteiger partial charge in [-0.05, 0) is 30.7 Å². The zero-order valence-electron chi connectivity index (χ0n) is 14.6. The van der Waals surface area contributed by atoms with E-state index in [1.807, 2.05) is 6.07 Å². The van der Waals surface area contributed by atoms with Gasteiger partial charge in [0.1, 0.15) is 10.5 Å². The average molecular weight is 388 g/mol. The molecule has 1 unspecified atom stereocenters. The van der Waals surface area contributed by atoms with Crippen LogP contribution in [0.3, 0.4) is 0 Å². The van der Waals surface area contributed by atoms with Crippen LogP contribution in [0.1, 0.15) is 16.8 Å². The number of benzene rings is 1. The monoisotopic (exact) mass is 388 g/mol. The Labute approximate surface area is 157 Å². The Morgan fingerprint density at radius 2 is 2.07 bits per heavy atom. The maximum atomic E-state index is 12.7. The minimum atomic E-state index is -3.30. The highest BCUT2D eigenvalue weighted by Gasteiger charge is 2.62. The predicted molar refractivity (Wildman–Crippen MR) is 98.4 cm³/mol. The standard InChI is InChI=1S/C19H20N2O5S/c22-16-5-3-4-14(10-16)18(23)21-12-19(13-21)15(7-9-27(19,24)25)11-26-17-6-1-2-8-20-17/h1-6,8,10,15,22H,7,9,11-13H2. The number of carbonyl (C=O) groups is 1. The van der Waals surface area contributed by atoms with Crippen LogP contribution in [0.2, 0.25) is 0 Å². The lowest BCUT2D eigenvalue weighted by Gasteiger charge is -2.49. The lowest BCUT2D eigenvalue weighted by molar-refractivity contribution is 0.0406. The van der Waals surface area contributed by atoms with Gasteiger partial charge >= 0.3 is 0 Å². The Bertz CT molecular complexity index is 955. The van der Waals surface area contributed by atoms with Gasteiger partial charge in [0.25, 0.3) is 5.91 Å². The first-order valence-electron chi connectivity index (χ1n) is 8.76. The summed E-state index contributed by atoms with van der Waals surface area (Å²) in [6, 6.07) is 11.4. The zero-order chi connectivity index (χ0) is 19.1. The van der Waals surface area contributed by atoms with E-state index in [0.29, 0.717) is 17.9 Å². The number of aromatic hydroxyl groups is 1. The molecule has 27 heavy (non-hydrogen) atoms. The second-order valence-electron chi connectivity index (χ2n) is 7.06. The first-order chi connectivity index (χ1) is 12.9. The molecule has 2 saturated heterocycles. The third kappa shape index (κ3) is 3.03. The SMILES string of the molecule is O=C(c1cccc(O)c1)N1CC2(C1)C(COc1ccccn1)CCS2(=O)=O. The van der Waals surface area contributed by atoms with Gasteiger partial charge in [-0.15, -0.1) is 0 Å². The maximum Gasteiger partial charge on any atom is 0.254 e. The van der Waals surface area contributed by atoms with Gasteiger partial charge < -0.3 is 14.7 Å². The summed E-state index contributed by atoms with van der Waals surface area (Å²) in [4.78, 5) is 18.2. The number of carbonyl (C=O) groups excluding carboxylic acids is 1. The molecule has 1 atom stereocenters. The lowest BCUT2D eigenvalue weighted by Crippen LogP contribution is -2.68. The smallest absolute Gasteiger partial charge is 0.254 e. The topological polar surface area (TPSA) is 96.8 Å². The van der Waals surface area contributed by atoms with Gasteiger partial charge in [0, 0.05) is 36.8 Å². The molecular weight excluding hydrogens is 368 g/mol. The summed E-state index contributed by atoms with van der Waals surface area (Å²) < 4.78 is 30.1.